The van der Waals surface area contributed by atoms with Gasteiger partial charge in [-0.05, 0) is 25.4 Å². The Labute approximate surface area is 56.4 Å². The minimum Gasteiger partial charge on any atom is -0.316 e. The molecule has 4 heteroatoms. The van der Waals surface area contributed by atoms with E-state index in [-0.39, 0.29) is 0 Å². The molecule has 0 radical (unpaired) electrons. The molecule has 1 N–H and O–H groups in total. The van der Waals surface area contributed by atoms with Crippen LogP contribution in [-0.2, 0) is 10.7 Å². The molecule has 54 valence electrons. The highest BCUT2D eigenvalue weighted by Crippen LogP contribution is 2.06. The van der Waals surface area contributed by atoms with Crippen LogP contribution in [0.15, 0.2) is 0 Å². The Kier molecular flexibility index (Phi) is 2.48. The van der Waals surface area contributed by atoms with Gasteiger partial charge in [0.05, 0.1) is 5.75 Å². The van der Waals surface area contributed by atoms with E-state index in [2.05, 4.69) is 5.32 Å². The van der Waals surface area contributed by atoms with Gasteiger partial charge in [0.15, 0.2) is 0 Å². The highest BCUT2D eigenvalue weighted by molar-refractivity contribution is 7.72. The fourth-order valence-electron chi connectivity index (χ4n) is 1.08. The number of nitrogens with one attached hydrogen (secondary N) is 1. The Morgan fingerprint density at radius 3 is 2.78 bits per heavy atom. The zero-order chi connectivity index (χ0) is 6.69. The number of hydrogen-bond donors (Lipinski definition) is 2. The first kappa shape index (κ1) is 7.02. The summed E-state index contributed by atoms with van der Waals surface area (Å²) in [5, 5.41) is 3.11. The van der Waals surface area contributed by atoms with Gasteiger partial charge >= 0.3 is 0 Å². The lowest BCUT2D eigenvalue weighted by molar-refractivity contribution is 0.588. The van der Waals surface area contributed by atoms with E-state index in [0.29, 0.717) is 11.7 Å². The van der Waals surface area contributed by atoms with Crippen LogP contribution in [0.3, 0.4) is 0 Å². The van der Waals surface area contributed by atoms with Gasteiger partial charge in [0, 0.05) is 0 Å². The molecular weight excluding hydrogens is 138 g/mol. The summed E-state index contributed by atoms with van der Waals surface area (Å²) in [4.78, 5) is 0. The van der Waals surface area contributed by atoms with E-state index in [4.69, 9.17) is 0 Å². The minimum absolute atomic E-state index is 0.363. The second-order valence-corrected chi connectivity index (χ2v) is 3.40. The van der Waals surface area contributed by atoms with Crippen LogP contribution in [0, 0.1) is 5.92 Å². The Bertz CT molecular complexity index is 141. The summed E-state index contributed by atoms with van der Waals surface area (Å²) in [5.41, 5.74) is 0. The second kappa shape index (κ2) is 3.17. The van der Waals surface area contributed by atoms with Crippen LogP contribution in [0.25, 0.3) is 0 Å². The maximum atomic E-state index is 10.2. The van der Waals surface area contributed by atoms with E-state index in [1.54, 1.807) is 0 Å². The molecule has 0 aliphatic carbocycles. The molecule has 3 nitrogen and oxygen atoms in total. The van der Waals surface area contributed by atoms with Crippen molar-refractivity contribution in [1.82, 2.24) is 5.32 Å². The molecule has 0 unspecified atom stereocenters. The first-order chi connectivity index (χ1) is 4.29. The quantitative estimate of drug-likeness (QED) is 0.506. The minimum atomic E-state index is -2.15. The van der Waals surface area contributed by atoms with Crippen molar-refractivity contribution in [2.75, 3.05) is 18.8 Å². The van der Waals surface area contributed by atoms with Gasteiger partial charge < -0.3 is 5.32 Å². The summed E-state index contributed by atoms with van der Waals surface area (Å²) in [6.45, 7) is 1.86. The highest BCUT2D eigenvalue weighted by atomic mass is 32.2. The molecule has 1 rings (SSSR count). The van der Waals surface area contributed by atoms with E-state index in [9.17, 15) is 8.42 Å². The molecule has 9 heavy (non-hydrogen) atoms. The molecule has 0 aromatic carbocycles. The van der Waals surface area contributed by atoms with Crippen LogP contribution in [-0.4, -0.2) is 27.3 Å². The lowest BCUT2D eigenvalue weighted by atomic mass is 10.2. The normalized spacial score (nSPS) is 27.4. The van der Waals surface area contributed by atoms with Gasteiger partial charge in [-0.25, -0.2) is 8.42 Å². The zero-order valence-corrected chi connectivity index (χ0v) is 6.06. The van der Waals surface area contributed by atoms with Crippen LogP contribution >= 0.6 is 0 Å². The molecule has 1 aliphatic rings. The summed E-state index contributed by atoms with van der Waals surface area (Å²) >= 11 is 0. The van der Waals surface area contributed by atoms with Crippen molar-refractivity contribution in [3.05, 3.63) is 0 Å². The van der Waals surface area contributed by atoms with Crippen molar-refractivity contribution in [2.24, 2.45) is 5.92 Å². The van der Waals surface area contributed by atoms with Crippen molar-refractivity contribution in [2.45, 2.75) is 6.42 Å². The Hall–Kier alpha value is -0.0900. The Morgan fingerprint density at radius 1 is 1.56 bits per heavy atom. The SMILES string of the molecule is O=[SH](=O)C[C@H]1CCNC1. The van der Waals surface area contributed by atoms with Crippen molar-refractivity contribution >= 4 is 10.7 Å². The van der Waals surface area contributed by atoms with E-state index in [1.807, 2.05) is 0 Å². The van der Waals surface area contributed by atoms with Crippen LogP contribution in [0.2, 0.25) is 0 Å². The molecule has 0 aromatic heterocycles. The maximum Gasteiger partial charge on any atom is 0.140 e. The molecule has 0 bridgehead atoms. The van der Waals surface area contributed by atoms with Crippen molar-refractivity contribution in [3.8, 4) is 0 Å². The molecule has 0 spiro atoms. The van der Waals surface area contributed by atoms with Gasteiger partial charge in [-0.3, -0.25) is 0 Å². The molecule has 1 aliphatic heterocycles. The number of hydrogen-bond acceptors (Lipinski definition) is 3. The lowest BCUT2D eigenvalue weighted by Gasteiger charge is -1.98. The molecule has 0 amide bonds. The van der Waals surface area contributed by atoms with E-state index < -0.39 is 10.7 Å². The van der Waals surface area contributed by atoms with E-state index >= 15 is 0 Å². The van der Waals surface area contributed by atoms with Crippen molar-refractivity contribution < 1.29 is 8.42 Å². The summed E-state index contributed by atoms with van der Waals surface area (Å²) in [6, 6.07) is 0. The first-order valence-corrected chi connectivity index (χ1v) is 4.48. The smallest absolute Gasteiger partial charge is 0.140 e. The lowest BCUT2D eigenvalue weighted by Crippen LogP contribution is -2.12. The summed E-state index contributed by atoms with van der Waals surface area (Å²) < 4.78 is 20.3. The highest BCUT2D eigenvalue weighted by Gasteiger charge is 2.14. The third kappa shape index (κ3) is 2.32. The summed E-state index contributed by atoms with van der Waals surface area (Å²) in [5.74, 6) is 0.744. The van der Waals surface area contributed by atoms with Crippen LogP contribution < -0.4 is 5.32 Å². The predicted molar refractivity (Wildman–Crippen MR) is 36.2 cm³/mol. The number of rotatable bonds is 2. The molecule has 0 aromatic rings. The third-order valence-corrected chi connectivity index (χ3v) is 2.38. The fraction of sp³-hybridized carbons (Fsp3) is 1.00. The average Bonchev–Trinajstić information content (AvgIpc) is 2.15. The molecule has 1 fully saturated rings. The molecule has 1 atom stereocenters. The summed E-state index contributed by atoms with van der Waals surface area (Å²) in [7, 11) is -2.15. The maximum absolute atomic E-state index is 10.2. The summed E-state index contributed by atoms with van der Waals surface area (Å²) in [6.07, 6.45) is 1.02. The largest absolute Gasteiger partial charge is 0.316 e. The molecular formula is C5H11NO2S. The van der Waals surface area contributed by atoms with Gasteiger partial charge in [-0.1, -0.05) is 0 Å². The van der Waals surface area contributed by atoms with Crippen molar-refractivity contribution in [1.29, 1.82) is 0 Å². The Morgan fingerprint density at radius 2 is 2.33 bits per heavy atom. The molecule has 1 heterocycles. The standard InChI is InChI=1S/C5H11NO2S/c7-9(8)4-5-1-2-6-3-5/h5-6,9H,1-4H2/t5-/m0/s1. The zero-order valence-electron chi connectivity index (χ0n) is 5.17. The predicted octanol–water partition coefficient (Wildman–Crippen LogP) is -0.793. The van der Waals surface area contributed by atoms with E-state index in [0.717, 1.165) is 19.5 Å². The molecule has 0 saturated carbocycles. The average molecular weight is 149 g/mol. The van der Waals surface area contributed by atoms with Gasteiger partial charge in [-0.15, -0.1) is 0 Å². The second-order valence-electron chi connectivity index (χ2n) is 2.37. The Balaban J connectivity index is 2.27. The van der Waals surface area contributed by atoms with Gasteiger partial charge in [0.25, 0.3) is 0 Å². The van der Waals surface area contributed by atoms with Gasteiger partial charge in [0.1, 0.15) is 10.7 Å². The fourth-order valence-corrected chi connectivity index (χ4v) is 1.81. The topological polar surface area (TPSA) is 46.2 Å². The van der Waals surface area contributed by atoms with Crippen LogP contribution in [0.1, 0.15) is 6.42 Å². The van der Waals surface area contributed by atoms with Gasteiger partial charge in [-0.2, -0.15) is 0 Å². The van der Waals surface area contributed by atoms with Crippen LogP contribution in [0.5, 0.6) is 0 Å². The monoisotopic (exact) mass is 149 g/mol. The van der Waals surface area contributed by atoms with Crippen molar-refractivity contribution in [3.63, 3.8) is 0 Å². The van der Waals surface area contributed by atoms with Crippen LogP contribution in [0.4, 0.5) is 0 Å². The number of thiol groups is 1. The van der Waals surface area contributed by atoms with E-state index in [1.165, 1.54) is 0 Å². The third-order valence-electron chi connectivity index (χ3n) is 1.57. The first-order valence-electron chi connectivity index (χ1n) is 3.11. The molecule has 1 saturated heterocycles. The van der Waals surface area contributed by atoms with Gasteiger partial charge in [0.2, 0.25) is 0 Å².